The Kier molecular flexibility index (Phi) is 7.13. The van der Waals surface area contributed by atoms with Crippen LogP contribution in [-0.4, -0.2) is 23.6 Å². The van der Waals surface area contributed by atoms with Crippen LogP contribution >= 0.6 is 0 Å². The Morgan fingerprint density at radius 1 is 1.00 bits per heavy atom. The summed E-state index contributed by atoms with van der Waals surface area (Å²) in [5.74, 6) is -0.399. The molecular weight excluding hydrogens is 486 g/mol. The molecule has 2 heterocycles. The molecule has 0 aliphatic carbocycles. The van der Waals surface area contributed by atoms with Gasteiger partial charge in [-0.25, -0.2) is 0 Å². The van der Waals surface area contributed by atoms with Crippen LogP contribution in [0.2, 0.25) is 0 Å². The third-order valence-electron chi connectivity index (χ3n) is 7.12. The summed E-state index contributed by atoms with van der Waals surface area (Å²) in [6.45, 7) is 3.86. The Morgan fingerprint density at radius 3 is 2.19 bits per heavy atom. The molecule has 0 spiro atoms. The topological polar surface area (TPSA) is 50.4 Å². The second-order valence-corrected chi connectivity index (χ2v) is 9.97. The van der Waals surface area contributed by atoms with Gasteiger partial charge in [-0.3, -0.25) is 4.79 Å². The van der Waals surface area contributed by atoms with E-state index in [9.17, 15) is 31.1 Å². The maximum atomic E-state index is 13.2. The van der Waals surface area contributed by atoms with Gasteiger partial charge in [0.25, 0.3) is 0 Å². The fourth-order valence-corrected chi connectivity index (χ4v) is 5.20. The lowest BCUT2D eigenvalue weighted by Crippen LogP contribution is -2.55. The Labute approximate surface area is 205 Å². The van der Waals surface area contributed by atoms with Crippen LogP contribution in [0.15, 0.2) is 42.5 Å². The lowest BCUT2D eigenvalue weighted by atomic mass is 9.88. The van der Waals surface area contributed by atoms with E-state index in [1.807, 2.05) is 38.1 Å². The van der Waals surface area contributed by atoms with E-state index in [0.29, 0.717) is 37.9 Å². The molecule has 36 heavy (non-hydrogen) atoms. The Hall–Kier alpha value is -2.59. The van der Waals surface area contributed by atoms with Crippen LogP contribution in [0.4, 0.5) is 26.3 Å². The summed E-state index contributed by atoms with van der Waals surface area (Å²) in [5.41, 5.74) is -1.45. The zero-order valence-corrected chi connectivity index (χ0v) is 19.9. The van der Waals surface area contributed by atoms with Gasteiger partial charge in [0.05, 0.1) is 29.8 Å². The molecule has 2 aromatic rings. The molecule has 2 bridgehead atoms. The standard InChI is InChI=1S/C26H28F6N2O2/c1-15-3-5-16(6-4-15)13-33-23(35)20-12-24(2)22(8-7-21(20)34-24)36-14-17-9-18(25(27,28)29)11-19(10-17)26(30,31)32/h3-6,9-11,20-22,34H,7-8,12-14H2,1-2H3,(H,33,35). The normalized spacial score (nSPS) is 26.2. The predicted octanol–water partition coefficient (Wildman–Crippen LogP) is 5.76. The summed E-state index contributed by atoms with van der Waals surface area (Å²) < 4.78 is 84.9. The number of benzene rings is 2. The number of carbonyl (C=O) groups is 1. The molecule has 2 N–H and O–H groups in total. The second-order valence-electron chi connectivity index (χ2n) is 9.97. The minimum Gasteiger partial charge on any atom is -0.372 e. The van der Waals surface area contributed by atoms with Crippen molar-refractivity contribution in [3.05, 3.63) is 70.3 Å². The van der Waals surface area contributed by atoms with E-state index in [-0.39, 0.29) is 29.5 Å². The molecule has 0 saturated carbocycles. The summed E-state index contributed by atoms with van der Waals surface area (Å²) in [4.78, 5) is 12.9. The van der Waals surface area contributed by atoms with Gasteiger partial charge in [-0.15, -0.1) is 0 Å². The number of hydrogen-bond acceptors (Lipinski definition) is 3. The van der Waals surface area contributed by atoms with Crippen molar-refractivity contribution >= 4 is 5.91 Å². The van der Waals surface area contributed by atoms with Crippen molar-refractivity contribution < 1.29 is 35.9 Å². The third-order valence-corrected chi connectivity index (χ3v) is 7.12. The van der Waals surface area contributed by atoms with Gasteiger partial charge in [-0.1, -0.05) is 29.8 Å². The summed E-state index contributed by atoms with van der Waals surface area (Å²) in [6.07, 6.45) is -8.68. The quantitative estimate of drug-likeness (QED) is 0.482. The van der Waals surface area contributed by atoms with Crippen LogP contribution in [0.5, 0.6) is 0 Å². The molecule has 10 heteroatoms. The maximum Gasteiger partial charge on any atom is 0.416 e. The molecule has 0 radical (unpaired) electrons. The van der Waals surface area contributed by atoms with Crippen LogP contribution in [0.3, 0.4) is 0 Å². The van der Waals surface area contributed by atoms with Crippen molar-refractivity contribution in [2.75, 3.05) is 0 Å². The predicted molar refractivity (Wildman–Crippen MR) is 121 cm³/mol. The first-order valence-electron chi connectivity index (χ1n) is 11.8. The largest absolute Gasteiger partial charge is 0.416 e. The SMILES string of the molecule is Cc1ccc(CNC(=O)C2CC3(C)NC2CCC3OCc2cc(C(F)(F)F)cc(C(F)(F)F)c2)cc1. The van der Waals surface area contributed by atoms with E-state index < -0.39 is 41.7 Å². The minimum absolute atomic E-state index is 0.0711. The monoisotopic (exact) mass is 514 g/mol. The van der Waals surface area contributed by atoms with Crippen molar-refractivity contribution in [1.82, 2.24) is 10.6 Å². The summed E-state index contributed by atoms with van der Waals surface area (Å²) >= 11 is 0. The first-order valence-corrected chi connectivity index (χ1v) is 11.8. The number of halogens is 6. The Balaban J connectivity index is 1.41. The molecule has 4 rings (SSSR count). The smallest absolute Gasteiger partial charge is 0.372 e. The van der Waals surface area contributed by atoms with E-state index in [1.165, 1.54) is 0 Å². The van der Waals surface area contributed by atoms with Crippen molar-refractivity contribution in [1.29, 1.82) is 0 Å². The molecule has 2 saturated heterocycles. The molecule has 0 aromatic heterocycles. The van der Waals surface area contributed by atoms with Crippen LogP contribution in [0.1, 0.15) is 54.0 Å². The highest BCUT2D eigenvalue weighted by Gasteiger charge is 2.52. The zero-order valence-electron chi connectivity index (χ0n) is 19.9. The number of amides is 1. The van der Waals surface area contributed by atoms with Crippen molar-refractivity contribution in [2.45, 2.75) is 76.3 Å². The lowest BCUT2D eigenvalue weighted by molar-refractivity contribution is -0.143. The lowest BCUT2D eigenvalue weighted by Gasteiger charge is -2.39. The van der Waals surface area contributed by atoms with Gasteiger partial charge in [0.15, 0.2) is 0 Å². The molecule has 2 fully saturated rings. The van der Waals surface area contributed by atoms with Crippen molar-refractivity contribution in [2.24, 2.45) is 5.92 Å². The van der Waals surface area contributed by atoms with Crippen LogP contribution in [-0.2, 0) is 35.0 Å². The van der Waals surface area contributed by atoms with E-state index in [2.05, 4.69) is 10.6 Å². The molecule has 2 aliphatic heterocycles. The van der Waals surface area contributed by atoms with E-state index in [4.69, 9.17) is 4.74 Å². The number of rotatable bonds is 6. The van der Waals surface area contributed by atoms with Gasteiger partial charge in [0.1, 0.15) is 0 Å². The Bertz CT molecular complexity index is 1070. The molecule has 2 aliphatic rings. The van der Waals surface area contributed by atoms with Crippen molar-refractivity contribution in [3.63, 3.8) is 0 Å². The summed E-state index contributed by atoms with van der Waals surface area (Å²) in [7, 11) is 0. The number of piperidine rings is 1. The number of aryl methyl sites for hydroxylation is 1. The average molecular weight is 515 g/mol. The molecule has 2 aromatic carbocycles. The Morgan fingerprint density at radius 2 is 1.61 bits per heavy atom. The fraction of sp³-hybridized carbons (Fsp3) is 0.500. The number of alkyl halides is 6. The number of carbonyl (C=O) groups excluding carboxylic acids is 1. The molecule has 4 nitrogen and oxygen atoms in total. The third kappa shape index (κ3) is 5.86. The summed E-state index contributed by atoms with van der Waals surface area (Å²) in [6, 6.07) is 9.24. The molecule has 4 unspecified atom stereocenters. The summed E-state index contributed by atoms with van der Waals surface area (Å²) in [5, 5.41) is 6.39. The number of hydrogen-bond donors (Lipinski definition) is 2. The van der Waals surface area contributed by atoms with Crippen LogP contribution in [0, 0.1) is 12.8 Å². The minimum atomic E-state index is -4.91. The first kappa shape index (κ1) is 26.5. The van der Waals surface area contributed by atoms with E-state index in [1.54, 1.807) is 0 Å². The molecule has 1 amide bonds. The highest BCUT2D eigenvalue weighted by Crippen LogP contribution is 2.42. The van der Waals surface area contributed by atoms with Gasteiger partial charge in [-0.2, -0.15) is 26.3 Å². The molecule has 4 atom stereocenters. The maximum absolute atomic E-state index is 13.2. The number of ether oxygens (including phenoxy) is 1. The van der Waals surface area contributed by atoms with Gasteiger partial charge >= 0.3 is 12.4 Å². The zero-order chi connectivity index (χ0) is 26.3. The molecular formula is C26H28F6N2O2. The fourth-order valence-electron chi connectivity index (χ4n) is 5.20. The van der Waals surface area contributed by atoms with Gasteiger partial charge in [-0.05, 0) is 62.4 Å². The van der Waals surface area contributed by atoms with Gasteiger partial charge < -0.3 is 15.4 Å². The van der Waals surface area contributed by atoms with E-state index in [0.717, 1.165) is 11.1 Å². The van der Waals surface area contributed by atoms with Crippen LogP contribution in [0.25, 0.3) is 0 Å². The van der Waals surface area contributed by atoms with E-state index >= 15 is 0 Å². The highest BCUT2D eigenvalue weighted by atomic mass is 19.4. The first-order chi connectivity index (χ1) is 16.7. The number of fused-ring (bicyclic) bond motifs is 2. The molecule has 196 valence electrons. The van der Waals surface area contributed by atoms with Crippen LogP contribution < -0.4 is 10.6 Å². The van der Waals surface area contributed by atoms with Gasteiger partial charge in [0, 0.05) is 18.1 Å². The number of nitrogens with one attached hydrogen (secondary N) is 2. The van der Waals surface area contributed by atoms with Gasteiger partial charge in [0.2, 0.25) is 5.91 Å². The van der Waals surface area contributed by atoms with Crippen molar-refractivity contribution in [3.8, 4) is 0 Å². The highest BCUT2D eigenvalue weighted by molar-refractivity contribution is 5.80. The second kappa shape index (κ2) is 9.70. The average Bonchev–Trinajstić information content (AvgIpc) is 3.08.